The summed E-state index contributed by atoms with van der Waals surface area (Å²) in [5.41, 5.74) is 2.36. The summed E-state index contributed by atoms with van der Waals surface area (Å²) in [6.45, 7) is 11.3. The van der Waals surface area contributed by atoms with E-state index in [0.29, 0.717) is 6.61 Å². The molecular weight excluding hydrogens is 212 g/mol. The summed E-state index contributed by atoms with van der Waals surface area (Å²) < 4.78 is 5.81. The maximum Gasteiger partial charge on any atom is 0.126 e. The molecule has 1 atom stereocenters. The first-order chi connectivity index (χ1) is 7.91. The third-order valence-electron chi connectivity index (χ3n) is 2.95. The van der Waals surface area contributed by atoms with E-state index in [1.807, 2.05) is 26.0 Å². The summed E-state index contributed by atoms with van der Waals surface area (Å²) >= 11 is 0. The van der Waals surface area contributed by atoms with Gasteiger partial charge in [-0.3, -0.25) is 0 Å². The van der Waals surface area contributed by atoms with E-state index in [-0.39, 0.29) is 17.9 Å². The van der Waals surface area contributed by atoms with E-state index >= 15 is 0 Å². The number of benzene rings is 1. The molecule has 0 heterocycles. The van der Waals surface area contributed by atoms with Crippen LogP contribution in [0.3, 0.4) is 0 Å². The number of hydrogen-bond acceptors (Lipinski definition) is 2. The number of hydrogen-bond donors (Lipinski definition) is 1. The van der Waals surface area contributed by atoms with E-state index in [0.717, 1.165) is 11.3 Å². The van der Waals surface area contributed by atoms with Gasteiger partial charge >= 0.3 is 0 Å². The van der Waals surface area contributed by atoms with Crippen molar-refractivity contribution in [2.45, 2.75) is 46.0 Å². The zero-order chi connectivity index (χ0) is 13.1. The first-order valence-electron chi connectivity index (χ1n) is 6.28. The third kappa shape index (κ3) is 3.22. The van der Waals surface area contributed by atoms with Gasteiger partial charge in [-0.15, -0.1) is 0 Å². The molecule has 0 aliphatic rings. The van der Waals surface area contributed by atoms with Gasteiger partial charge in [-0.1, -0.05) is 45.9 Å². The minimum atomic E-state index is 0.0513. The smallest absolute Gasteiger partial charge is 0.126 e. The van der Waals surface area contributed by atoms with Crippen molar-refractivity contribution >= 4 is 0 Å². The van der Waals surface area contributed by atoms with Crippen molar-refractivity contribution in [1.29, 1.82) is 0 Å². The molecular formula is C15H24O2. The topological polar surface area (TPSA) is 29.5 Å². The standard InChI is InChI=1S/C15H24O2/c1-6-17-14-12(11(2)10-16)8-7-9-13(14)15(3,4)5/h7-9,11,16H,6,10H2,1-5H3. The Balaban J connectivity index is 3.31. The lowest BCUT2D eigenvalue weighted by atomic mass is 9.83. The van der Waals surface area contributed by atoms with Crippen LogP contribution in [0, 0.1) is 0 Å². The second kappa shape index (κ2) is 5.54. The van der Waals surface area contributed by atoms with Crippen molar-refractivity contribution in [3.05, 3.63) is 29.3 Å². The van der Waals surface area contributed by atoms with Crippen molar-refractivity contribution in [3.63, 3.8) is 0 Å². The molecule has 96 valence electrons. The Hall–Kier alpha value is -1.02. The van der Waals surface area contributed by atoms with E-state index in [2.05, 4.69) is 26.8 Å². The predicted octanol–water partition coefficient (Wildman–Crippen LogP) is 3.48. The third-order valence-corrected chi connectivity index (χ3v) is 2.95. The number of para-hydroxylation sites is 1. The molecule has 1 N–H and O–H groups in total. The molecule has 0 amide bonds. The zero-order valence-corrected chi connectivity index (χ0v) is 11.6. The Bertz CT molecular complexity index is 364. The van der Waals surface area contributed by atoms with Gasteiger partial charge in [0, 0.05) is 12.5 Å². The summed E-state index contributed by atoms with van der Waals surface area (Å²) in [6.07, 6.45) is 0. The maximum absolute atomic E-state index is 9.32. The van der Waals surface area contributed by atoms with Crippen LogP contribution < -0.4 is 4.74 Å². The molecule has 17 heavy (non-hydrogen) atoms. The summed E-state index contributed by atoms with van der Waals surface area (Å²) in [5, 5.41) is 9.32. The second-order valence-electron chi connectivity index (χ2n) is 5.49. The molecule has 0 aliphatic carbocycles. The first kappa shape index (κ1) is 14.0. The summed E-state index contributed by atoms with van der Waals surface area (Å²) in [6, 6.07) is 6.20. The first-order valence-corrected chi connectivity index (χ1v) is 6.28. The highest BCUT2D eigenvalue weighted by Crippen LogP contribution is 2.37. The lowest BCUT2D eigenvalue weighted by Crippen LogP contribution is -2.15. The Morgan fingerprint density at radius 3 is 2.41 bits per heavy atom. The van der Waals surface area contributed by atoms with Gasteiger partial charge < -0.3 is 9.84 Å². The molecule has 0 saturated carbocycles. The number of ether oxygens (including phenoxy) is 1. The molecule has 0 aromatic heterocycles. The highest BCUT2D eigenvalue weighted by atomic mass is 16.5. The fraction of sp³-hybridized carbons (Fsp3) is 0.600. The van der Waals surface area contributed by atoms with E-state index in [1.165, 1.54) is 5.56 Å². The average molecular weight is 236 g/mol. The normalized spacial score (nSPS) is 13.5. The molecule has 1 aromatic rings. The molecule has 1 unspecified atom stereocenters. The van der Waals surface area contributed by atoms with Crippen molar-refractivity contribution < 1.29 is 9.84 Å². The van der Waals surface area contributed by atoms with Gasteiger partial charge in [-0.05, 0) is 23.5 Å². The van der Waals surface area contributed by atoms with Gasteiger partial charge in [0.15, 0.2) is 0 Å². The van der Waals surface area contributed by atoms with Crippen LogP contribution in [-0.2, 0) is 5.41 Å². The molecule has 1 aromatic carbocycles. The van der Waals surface area contributed by atoms with Gasteiger partial charge in [0.05, 0.1) is 6.61 Å². The highest BCUT2D eigenvalue weighted by molar-refractivity contribution is 5.46. The Morgan fingerprint density at radius 1 is 1.29 bits per heavy atom. The van der Waals surface area contributed by atoms with Crippen LogP contribution in [-0.4, -0.2) is 18.3 Å². The largest absolute Gasteiger partial charge is 0.493 e. The fourth-order valence-electron chi connectivity index (χ4n) is 1.94. The number of aliphatic hydroxyl groups excluding tert-OH is 1. The van der Waals surface area contributed by atoms with Gasteiger partial charge in [0.2, 0.25) is 0 Å². The van der Waals surface area contributed by atoms with Crippen molar-refractivity contribution in [1.82, 2.24) is 0 Å². The van der Waals surface area contributed by atoms with E-state index in [1.54, 1.807) is 0 Å². The van der Waals surface area contributed by atoms with E-state index < -0.39 is 0 Å². The van der Waals surface area contributed by atoms with E-state index in [9.17, 15) is 5.11 Å². The number of aliphatic hydroxyl groups is 1. The lowest BCUT2D eigenvalue weighted by molar-refractivity contribution is 0.265. The van der Waals surface area contributed by atoms with Gasteiger partial charge in [0.1, 0.15) is 5.75 Å². The molecule has 1 rings (SSSR count). The molecule has 0 bridgehead atoms. The molecule has 0 fully saturated rings. The molecule has 0 spiro atoms. The fourth-order valence-corrected chi connectivity index (χ4v) is 1.94. The molecule has 2 nitrogen and oxygen atoms in total. The van der Waals surface area contributed by atoms with E-state index in [4.69, 9.17) is 4.74 Å². The molecule has 0 saturated heterocycles. The summed E-state index contributed by atoms with van der Waals surface area (Å²) in [4.78, 5) is 0. The predicted molar refractivity (Wildman–Crippen MR) is 71.8 cm³/mol. The Kier molecular flexibility index (Phi) is 4.58. The Morgan fingerprint density at radius 2 is 1.94 bits per heavy atom. The molecule has 0 radical (unpaired) electrons. The molecule has 0 aliphatic heterocycles. The molecule has 2 heteroatoms. The van der Waals surface area contributed by atoms with Gasteiger partial charge in [0.25, 0.3) is 0 Å². The van der Waals surface area contributed by atoms with Gasteiger partial charge in [-0.2, -0.15) is 0 Å². The minimum absolute atomic E-state index is 0.0513. The van der Waals surface area contributed by atoms with Crippen LogP contribution in [0.5, 0.6) is 5.75 Å². The van der Waals surface area contributed by atoms with Crippen LogP contribution in [0.25, 0.3) is 0 Å². The maximum atomic E-state index is 9.32. The van der Waals surface area contributed by atoms with Gasteiger partial charge in [-0.25, -0.2) is 0 Å². The average Bonchev–Trinajstić information content (AvgIpc) is 2.27. The lowest BCUT2D eigenvalue weighted by Gasteiger charge is -2.26. The highest BCUT2D eigenvalue weighted by Gasteiger charge is 2.22. The minimum Gasteiger partial charge on any atom is -0.493 e. The number of rotatable bonds is 4. The summed E-state index contributed by atoms with van der Waals surface area (Å²) in [5.74, 6) is 1.06. The van der Waals surface area contributed by atoms with Crippen LogP contribution >= 0.6 is 0 Å². The van der Waals surface area contributed by atoms with Crippen LogP contribution in [0.4, 0.5) is 0 Å². The summed E-state index contributed by atoms with van der Waals surface area (Å²) in [7, 11) is 0. The van der Waals surface area contributed by atoms with Crippen LogP contribution in [0.2, 0.25) is 0 Å². The second-order valence-corrected chi connectivity index (χ2v) is 5.49. The van der Waals surface area contributed by atoms with Crippen LogP contribution in [0.15, 0.2) is 18.2 Å². The zero-order valence-electron chi connectivity index (χ0n) is 11.6. The quantitative estimate of drug-likeness (QED) is 0.867. The van der Waals surface area contributed by atoms with Crippen molar-refractivity contribution in [3.8, 4) is 5.75 Å². The SMILES string of the molecule is CCOc1c(C(C)CO)cccc1C(C)(C)C. The monoisotopic (exact) mass is 236 g/mol. The van der Waals surface area contributed by atoms with Crippen molar-refractivity contribution in [2.75, 3.05) is 13.2 Å². The van der Waals surface area contributed by atoms with Crippen LogP contribution in [0.1, 0.15) is 51.7 Å². The van der Waals surface area contributed by atoms with Crippen molar-refractivity contribution in [2.24, 2.45) is 0 Å². The Labute approximate surface area is 105 Å².